The Bertz CT molecular complexity index is 444. The molecule has 1 atom stereocenters. The molecule has 0 unspecified atom stereocenters. The van der Waals surface area contributed by atoms with Crippen molar-refractivity contribution in [3.05, 3.63) is 29.6 Å². The van der Waals surface area contributed by atoms with Crippen LogP contribution in [0.2, 0.25) is 0 Å². The van der Waals surface area contributed by atoms with Gasteiger partial charge < -0.3 is 5.11 Å². The van der Waals surface area contributed by atoms with Crippen LogP contribution in [0, 0.1) is 5.82 Å². The molecule has 0 saturated heterocycles. The van der Waals surface area contributed by atoms with Gasteiger partial charge in [0.2, 0.25) is 0 Å². The second-order valence-corrected chi connectivity index (χ2v) is 4.40. The zero-order valence-corrected chi connectivity index (χ0v) is 8.38. The number of fused-ring (bicyclic) bond motifs is 1. The second kappa shape index (κ2) is 3.66. The number of carbonyl (C=O) groups excluding carboxylic acids is 1. The Labute approximate surface area is 89.3 Å². The highest BCUT2D eigenvalue weighted by Gasteiger charge is 2.31. The molecule has 1 aliphatic heterocycles. The van der Waals surface area contributed by atoms with Crippen LogP contribution in [-0.2, 0) is 4.79 Å². The minimum absolute atomic E-state index is 0.0730. The first-order valence-electron chi connectivity index (χ1n) is 4.31. The van der Waals surface area contributed by atoms with Crippen LogP contribution < -0.4 is 0 Å². The molecule has 0 bridgehead atoms. The largest absolute Gasteiger partial charge is 0.480 e. The number of hydrogen-bond donors (Lipinski definition) is 1. The molecule has 5 heteroatoms. The lowest BCUT2D eigenvalue weighted by Crippen LogP contribution is -2.25. The molecule has 0 spiro atoms. The number of aliphatic carboxylic acids is 1. The van der Waals surface area contributed by atoms with Gasteiger partial charge in [-0.15, -0.1) is 11.8 Å². The summed E-state index contributed by atoms with van der Waals surface area (Å²) >= 11 is 0.900. The average Bonchev–Trinajstić information content (AvgIpc) is 2.19. The molecule has 0 amide bonds. The van der Waals surface area contributed by atoms with Crippen molar-refractivity contribution in [3.8, 4) is 0 Å². The Morgan fingerprint density at radius 1 is 1.53 bits per heavy atom. The summed E-state index contributed by atoms with van der Waals surface area (Å²) in [7, 11) is 0. The van der Waals surface area contributed by atoms with Crippen molar-refractivity contribution in [1.82, 2.24) is 0 Å². The highest BCUT2D eigenvalue weighted by atomic mass is 32.2. The molecule has 0 aromatic heterocycles. The molecule has 1 aliphatic rings. The summed E-state index contributed by atoms with van der Waals surface area (Å²) in [5, 5.41) is 7.90. The molecule has 0 aliphatic carbocycles. The van der Waals surface area contributed by atoms with Crippen LogP contribution >= 0.6 is 11.8 Å². The fourth-order valence-electron chi connectivity index (χ4n) is 1.45. The molecule has 0 saturated carbocycles. The number of halogens is 1. The van der Waals surface area contributed by atoms with Crippen LogP contribution in [0.4, 0.5) is 4.39 Å². The summed E-state index contributed by atoms with van der Waals surface area (Å²) in [6.45, 7) is 0. The van der Waals surface area contributed by atoms with Gasteiger partial charge in [0.05, 0.1) is 4.90 Å². The first kappa shape index (κ1) is 10.2. The molecule has 2 rings (SSSR count). The predicted molar refractivity (Wildman–Crippen MR) is 52.6 cm³/mol. The van der Waals surface area contributed by atoms with E-state index in [-0.39, 0.29) is 22.7 Å². The Kier molecular flexibility index (Phi) is 2.48. The molecule has 1 heterocycles. The van der Waals surface area contributed by atoms with Crippen molar-refractivity contribution in [1.29, 1.82) is 0 Å². The van der Waals surface area contributed by atoms with Gasteiger partial charge in [-0.05, 0) is 6.07 Å². The minimum atomic E-state index is -1.08. The zero-order valence-electron chi connectivity index (χ0n) is 7.57. The van der Waals surface area contributed by atoms with Gasteiger partial charge in [-0.1, -0.05) is 12.1 Å². The first-order valence-corrected chi connectivity index (χ1v) is 5.18. The lowest BCUT2D eigenvalue weighted by Gasteiger charge is -2.19. The summed E-state index contributed by atoms with van der Waals surface area (Å²) in [5.41, 5.74) is 0.289. The number of benzene rings is 1. The monoisotopic (exact) mass is 226 g/mol. The number of carboxylic acid groups (broad SMARTS) is 1. The molecular formula is C10H7FO3S. The summed E-state index contributed by atoms with van der Waals surface area (Å²) in [4.78, 5) is 22.4. The third-order valence-corrected chi connectivity index (χ3v) is 3.48. The van der Waals surface area contributed by atoms with E-state index in [1.165, 1.54) is 18.2 Å². The Balaban J connectivity index is 2.46. The molecule has 78 valence electrons. The molecule has 3 nitrogen and oxygen atoms in total. The van der Waals surface area contributed by atoms with Crippen molar-refractivity contribution in [2.24, 2.45) is 0 Å². The van der Waals surface area contributed by atoms with E-state index in [0.717, 1.165) is 11.8 Å². The van der Waals surface area contributed by atoms with E-state index in [4.69, 9.17) is 5.11 Å². The SMILES string of the molecule is O=C1C[C@H](C(=O)O)Sc2c(F)cccc21. The average molecular weight is 226 g/mol. The lowest BCUT2D eigenvalue weighted by atomic mass is 10.1. The van der Waals surface area contributed by atoms with Crippen LogP contribution in [0.1, 0.15) is 16.8 Å². The normalized spacial score (nSPS) is 19.8. The summed E-state index contributed by atoms with van der Waals surface area (Å²) in [6, 6.07) is 4.20. The van der Waals surface area contributed by atoms with Gasteiger partial charge in [0.25, 0.3) is 0 Å². The van der Waals surface area contributed by atoms with Gasteiger partial charge in [-0.2, -0.15) is 0 Å². The maximum atomic E-state index is 13.3. The van der Waals surface area contributed by atoms with E-state index in [1.54, 1.807) is 0 Å². The maximum absolute atomic E-state index is 13.3. The van der Waals surface area contributed by atoms with Crippen LogP contribution in [-0.4, -0.2) is 22.1 Å². The van der Waals surface area contributed by atoms with E-state index >= 15 is 0 Å². The van der Waals surface area contributed by atoms with Gasteiger partial charge in [-0.3, -0.25) is 9.59 Å². The lowest BCUT2D eigenvalue weighted by molar-refractivity contribution is -0.136. The van der Waals surface area contributed by atoms with Gasteiger partial charge in [-0.25, -0.2) is 4.39 Å². The van der Waals surface area contributed by atoms with Gasteiger partial charge in [0.15, 0.2) is 5.78 Å². The van der Waals surface area contributed by atoms with E-state index < -0.39 is 17.0 Å². The van der Waals surface area contributed by atoms with E-state index in [9.17, 15) is 14.0 Å². The third kappa shape index (κ3) is 1.74. The van der Waals surface area contributed by atoms with Crippen molar-refractivity contribution >= 4 is 23.5 Å². The fraction of sp³-hybridized carbons (Fsp3) is 0.200. The summed E-state index contributed by atoms with van der Waals surface area (Å²) in [6.07, 6.45) is -0.0730. The molecule has 0 radical (unpaired) electrons. The summed E-state index contributed by atoms with van der Waals surface area (Å²) in [5.74, 6) is -1.92. The number of carbonyl (C=O) groups is 2. The first-order chi connectivity index (χ1) is 7.09. The minimum Gasteiger partial charge on any atom is -0.480 e. The molecule has 1 aromatic carbocycles. The Morgan fingerprint density at radius 2 is 2.27 bits per heavy atom. The molecule has 1 N–H and O–H groups in total. The standard InChI is InChI=1S/C10H7FO3S/c11-6-3-1-2-5-7(12)4-8(10(13)14)15-9(5)6/h1-3,8H,4H2,(H,13,14)/t8-/m1/s1. The van der Waals surface area contributed by atoms with Gasteiger partial charge >= 0.3 is 5.97 Å². The smallest absolute Gasteiger partial charge is 0.317 e. The van der Waals surface area contributed by atoms with Crippen LogP contribution in [0.25, 0.3) is 0 Å². The number of ketones is 1. The topological polar surface area (TPSA) is 54.4 Å². The molecule has 1 aromatic rings. The number of rotatable bonds is 1. The molecular weight excluding hydrogens is 219 g/mol. The zero-order chi connectivity index (χ0) is 11.0. The van der Waals surface area contributed by atoms with E-state index in [0.29, 0.717) is 0 Å². The van der Waals surface area contributed by atoms with Gasteiger partial charge in [0, 0.05) is 12.0 Å². The number of Topliss-reactive ketones (excluding diaryl/α,β-unsaturated/α-hetero) is 1. The predicted octanol–water partition coefficient (Wildman–Crippen LogP) is 1.96. The number of carboxylic acids is 1. The number of thioether (sulfide) groups is 1. The van der Waals surface area contributed by atoms with E-state index in [2.05, 4.69) is 0 Å². The van der Waals surface area contributed by atoms with Crippen molar-refractivity contribution in [3.63, 3.8) is 0 Å². The third-order valence-electron chi connectivity index (χ3n) is 2.17. The van der Waals surface area contributed by atoms with Crippen LogP contribution in [0.15, 0.2) is 23.1 Å². The van der Waals surface area contributed by atoms with Crippen molar-refractivity contribution in [2.75, 3.05) is 0 Å². The second-order valence-electron chi connectivity index (χ2n) is 3.19. The Morgan fingerprint density at radius 3 is 2.93 bits per heavy atom. The van der Waals surface area contributed by atoms with Crippen molar-refractivity contribution < 1.29 is 19.1 Å². The maximum Gasteiger partial charge on any atom is 0.317 e. The van der Waals surface area contributed by atoms with Crippen molar-refractivity contribution in [2.45, 2.75) is 16.6 Å². The van der Waals surface area contributed by atoms with Crippen LogP contribution in [0.5, 0.6) is 0 Å². The molecule has 15 heavy (non-hydrogen) atoms. The summed E-state index contributed by atoms with van der Waals surface area (Å²) < 4.78 is 13.3. The van der Waals surface area contributed by atoms with Gasteiger partial charge in [0.1, 0.15) is 11.1 Å². The van der Waals surface area contributed by atoms with E-state index in [1.807, 2.05) is 0 Å². The fourth-order valence-corrected chi connectivity index (χ4v) is 2.56. The quantitative estimate of drug-likeness (QED) is 0.795. The van der Waals surface area contributed by atoms with Crippen LogP contribution in [0.3, 0.4) is 0 Å². The molecule has 0 fully saturated rings. The Hall–Kier alpha value is -1.36. The highest BCUT2D eigenvalue weighted by molar-refractivity contribution is 8.00. The number of hydrogen-bond acceptors (Lipinski definition) is 3. The highest BCUT2D eigenvalue weighted by Crippen LogP contribution is 2.36.